The van der Waals surface area contributed by atoms with Gasteiger partial charge in [-0.05, 0) is 76.8 Å². The standard InChI is InChI=1S/C22H21NO5/c1-26-15-4-5-16-14(11-23-6-2-3-19(23)22(24)25)7-13-8-20-21(28-12-27-20)10-17(13)18(16)9-15/h4-5,7-10,19H,2-3,6,11-12H2,1H3,(H,24,25)/t19-/m0/s1. The first-order chi connectivity index (χ1) is 13.6. The van der Waals surface area contributed by atoms with Gasteiger partial charge in [-0.25, -0.2) is 0 Å². The fourth-order valence-electron chi connectivity index (χ4n) is 4.37. The van der Waals surface area contributed by atoms with Crippen LogP contribution in [0.1, 0.15) is 18.4 Å². The third-order valence-electron chi connectivity index (χ3n) is 5.76. The summed E-state index contributed by atoms with van der Waals surface area (Å²) >= 11 is 0. The van der Waals surface area contributed by atoms with Crippen LogP contribution in [-0.4, -0.2) is 42.5 Å². The number of aliphatic carboxylic acids is 1. The number of fused-ring (bicyclic) bond motifs is 4. The Morgan fingerprint density at radius 2 is 1.96 bits per heavy atom. The van der Waals surface area contributed by atoms with Gasteiger partial charge in [0.25, 0.3) is 0 Å². The van der Waals surface area contributed by atoms with E-state index in [4.69, 9.17) is 14.2 Å². The molecule has 0 unspecified atom stereocenters. The van der Waals surface area contributed by atoms with Gasteiger partial charge in [0.05, 0.1) is 7.11 Å². The predicted molar refractivity (Wildman–Crippen MR) is 105 cm³/mol. The summed E-state index contributed by atoms with van der Waals surface area (Å²) in [4.78, 5) is 13.7. The van der Waals surface area contributed by atoms with Crippen LogP contribution in [0.25, 0.3) is 21.5 Å². The Labute approximate surface area is 162 Å². The third kappa shape index (κ3) is 2.72. The van der Waals surface area contributed by atoms with Crippen molar-refractivity contribution in [2.75, 3.05) is 20.4 Å². The molecule has 1 saturated heterocycles. The summed E-state index contributed by atoms with van der Waals surface area (Å²) in [6, 6.07) is 11.8. The summed E-state index contributed by atoms with van der Waals surface area (Å²) < 4.78 is 16.6. The van der Waals surface area contributed by atoms with Crippen molar-refractivity contribution in [2.45, 2.75) is 25.4 Å². The highest BCUT2D eigenvalue weighted by molar-refractivity contribution is 6.10. The van der Waals surface area contributed by atoms with Gasteiger partial charge in [-0.2, -0.15) is 0 Å². The molecule has 6 nitrogen and oxygen atoms in total. The Morgan fingerprint density at radius 3 is 2.75 bits per heavy atom. The van der Waals surface area contributed by atoms with E-state index in [0.29, 0.717) is 13.0 Å². The molecule has 1 atom stereocenters. The molecule has 3 aromatic rings. The first kappa shape index (κ1) is 17.1. The number of carboxylic acid groups (broad SMARTS) is 1. The first-order valence-electron chi connectivity index (χ1n) is 9.44. The van der Waals surface area contributed by atoms with E-state index < -0.39 is 12.0 Å². The van der Waals surface area contributed by atoms with Crippen molar-refractivity contribution in [3.63, 3.8) is 0 Å². The minimum absolute atomic E-state index is 0.230. The normalized spacial score (nSPS) is 18.8. The van der Waals surface area contributed by atoms with Crippen molar-refractivity contribution < 1.29 is 24.1 Å². The average Bonchev–Trinajstić information content (AvgIpc) is 3.35. The number of ether oxygens (including phenoxy) is 3. The lowest BCUT2D eigenvalue weighted by molar-refractivity contribution is -0.142. The van der Waals surface area contributed by atoms with Gasteiger partial charge in [-0.3, -0.25) is 9.69 Å². The topological polar surface area (TPSA) is 68.2 Å². The second-order valence-corrected chi connectivity index (χ2v) is 7.34. The number of hydrogen-bond donors (Lipinski definition) is 1. The summed E-state index contributed by atoms with van der Waals surface area (Å²) in [7, 11) is 1.66. The molecule has 3 aromatic carbocycles. The Hall–Kier alpha value is -2.99. The quantitative estimate of drug-likeness (QED) is 0.696. The number of methoxy groups -OCH3 is 1. The van der Waals surface area contributed by atoms with Crippen molar-refractivity contribution >= 4 is 27.5 Å². The number of likely N-dealkylation sites (tertiary alicyclic amines) is 1. The summed E-state index contributed by atoms with van der Waals surface area (Å²) in [5, 5.41) is 13.8. The number of benzene rings is 3. The van der Waals surface area contributed by atoms with E-state index in [1.54, 1.807) is 7.11 Å². The third-order valence-corrected chi connectivity index (χ3v) is 5.76. The maximum absolute atomic E-state index is 11.6. The minimum atomic E-state index is -0.743. The Kier molecular flexibility index (Phi) is 4.02. The molecule has 2 heterocycles. The summed E-state index contributed by atoms with van der Waals surface area (Å²) in [5.74, 6) is 1.53. The van der Waals surface area contributed by atoms with E-state index in [9.17, 15) is 9.90 Å². The predicted octanol–water partition coefficient (Wildman–Crippen LogP) is 3.78. The second-order valence-electron chi connectivity index (χ2n) is 7.34. The smallest absolute Gasteiger partial charge is 0.320 e. The SMILES string of the molecule is COc1ccc2c(CN3CCC[C@H]3C(=O)O)cc3cc4c(cc3c2c1)OCO4. The molecule has 0 bridgehead atoms. The number of hydrogen-bond acceptors (Lipinski definition) is 5. The monoisotopic (exact) mass is 379 g/mol. The van der Waals surface area contributed by atoms with E-state index in [-0.39, 0.29) is 6.79 Å². The fraction of sp³-hybridized carbons (Fsp3) is 0.318. The van der Waals surface area contributed by atoms with Gasteiger partial charge in [0.2, 0.25) is 6.79 Å². The minimum Gasteiger partial charge on any atom is -0.497 e. The Balaban J connectivity index is 1.69. The molecule has 1 fully saturated rings. The van der Waals surface area contributed by atoms with Crippen LogP contribution in [0.15, 0.2) is 36.4 Å². The summed E-state index contributed by atoms with van der Waals surface area (Å²) in [5.41, 5.74) is 1.11. The van der Waals surface area contributed by atoms with Gasteiger partial charge < -0.3 is 19.3 Å². The molecule has 0 saturated carbocycles. The molecule has 2 aliphatic heterocycles. The van der Waals surface area contributed by atoms with Gasteiger partial charge in [0.15, 0.2) is 11.5 Å². The van der Waals surface area contributed by atoms with Gasteiger partial charge in [0, 0.05) is 6.54 Å². The largest absolute Gasteiger partial charge is 0.497 e. The molecule has 0 radical (unpaired) electrons. The van der Waals surface area contributed by atoms with E-state index in [1.807, 2.05) is 24.3 Å². The van der Waals surface area contributed by atoms with Crippen LogP contribution in [0.5, 0.6) is 17.2 Å². The molecule has 0 amide bonds. The average molecular weight is 379 g/mol. The van der Waals surface area contributed by atoms with E-state index in [2.05, 4.69) is 17.0 Å². The van der Waals surface area contributed by atoms with Crippen molar-refractivity contribution in [3.8, 4) is 17.2 Å². The molecule has 1 N–H and O–H groups in total. The number of rotatable bonds is 4. The van der Waals surface area contributed by atoms with Gasteiger partial charge in [-0.1, -0.05) is 6.07 Å². The lowest BCUT2D eigenvalue weighted by Crippen LogP contribution is -2.35. The van der Waals surface area contributed by atoms with Crippen LogP contribution in [-0.2, 0) is 11.3 Å². The molecule has 6 heteroatoms. The van der Waals surface area contributed by atoms with E-state index in [1.165, 1.54) is 0 Å². The van der Waals surface area contributed by atoms with Crippen molar-refractivity contribution in [1.82, 2.24) is 4.90 Å². The van der Waals surface area contributed by atoms with Crippen molar-refractivity contribution in [3.05, 3.63) is 42.0 Å². The molecular formula is C22H21NO5. The first-order valence-corrected chi connectivity index (χ1v) is 9.44. The van der Waals surface area contributed by atoms with E-state index in [0.717, 1.165) is 57.3 Å². The molecule has 0 aliphatic carbocycles. The fourth-order valence-corrected chi connectivity index (χ4v) is 4.37. The molecule has 144 valence electrons. The molecule has 0 aromatic heterocycles. The van der Waals surface area contributed by atoms with Crippen LogP contribution in [0.4, 0.5) is 0 Å². The number of carboxylic acids is 1. The lowest BCUT2D eigenvalue weighted by Gasteiger charge is -2.22. The van der Waals surface area contributed by atoms with Gasteiger partial charge in [-0.15, -0.1) is 0 Å². The number of nitrogens with zero attached hydrogens (tertiary/aromatic N) is 1. The van der Waals surface area contributed by atoms with Gasteiger partial charge >= 0.3 is 5.97 Å². The maximum Gasteiger partial charge on any atom is 0.320 e. The molecule has 0 spiro atoms. The Morgan fingerprint density at radius 1 is 1.14 bits per heavy atom. The van der Waals surface area contributed by atoms with Crippen molar-refractivity contribution in [2.24, 2.45) is 0 Å². The molecule has 2 aliphatic rings. The summed E-state index contributed by atoms with van der Waals surface area (Å²) in [6.07, 6.45) is 1.61. The highest BCUT2D eigenvalue weighted by atomic mass is 16.7. The molecule has 5 rings (SSSR count). The second kappa shape index (κ2) is 6.56. The molecule has 28 heavy (non-hydrogen) atoms. The molecular weight excluding hydrogens is 358 g/mol. The zero-order valence-corrected chi connectivity index (χ0v) is 15.6. The van der Waals surface area contributed by atoms with Crippen LogP contribution >= 0.6 is 0 Å². The van der Waals surface area contributed by atoms with Gasteiger partial charge in [0.1, 0.15) is 11.8 Å². The maximum atomic E-state index is 11.6. The zero-order chi connectivity index (χ0) is 19.3. The number of carbonyl (C=O) groups is 1. The van der Waals surface area contributed by atoms with Crippen molar-refractivity contribution in [1.29, 1.82) is 0 Å². The Bertz CT molecular complexity index is 1090. The van der Waals surface area contributed by atoms with Crippen LogP contribution in [0.2, 0.25) is 0 Å². The highest BCUT2D eigenvalue weighted by Crippen LogP contribution is 2.41. The van der Waals surface area contributed by atoms with Crippen LogP contribution < -0.4 is 14.2 Å². The lowest BCUT2D eigenvalue weighted by atomic mass is 9.96. The van der Waals surface area contributed by atoms with Crippen LogP contribution in [0.3, 0.4) is 0 Å². The highest BCUT2D eigenvalue weighted by Gasteiger charge is 2.30. The zero-order valence-electron chi connectivity index (χ0n) is 15.6. The summed E-state index contributed by atoms with van der Waals surface area (Å²) in [6.45, 7) is 1.63. The van der Waals surface area contributed by atoms with E-state index >= 15 is 0 Å². The van der Waals surface area contributed by atoms with Crippen LogP contribution in [0, 0.1) is 0 Å².